The molecule has 120 valence electrons. The van der Waals surface area contributed by atoms with Gasteiger partial charge in [-0.05, 0) is 50.2 Å². The summed E-state index contributed by atoms with van der Waals surface area (Å²) in [6.45, 7) is 2.10. The van der Waals surface area contributed by atoms with Crippen molar-refractivity contribution < 1.29 is 4.79 Å². The summed E-state index contributed by atoms with van der Waals surface area (Å²) in [5, 5.41) is 6.94. The van der Waals surface area contributed by atoms with Crippen LogP contribution in [0.25, 0.3) is 0 Å². The van der Waals surface area contributed by atoms with Gasteiger partial charge in [0.25, 0.3) is 0 Å². The number of carbonyl (C=O) groups is 1. The standard InChI is InChI=1S/C18H25BrN2O/c1-2-12(9-13-5-3-4-6-17(13)19)18(22)21-16-10-14-7-8-15(11-16)20-14/h3-6,12,14-16,20H,2,7-11H2,1H3,(H,21,22). The summed E-state index contributed by atoms with van der Waals surface area (Å²) in [5.41, 5.74) is 1.22. The Bertz CT molecular complexity index is 522. The Morgan fingerprint density at radius 3 is 2.64 bits per heavy atom. The number of amides is 1. The van der Waals surface area contributed by atoms with Crippen molar-refractivity contribution in [2.75, 3.05) is 0 Å². The van der Waals surface area contributed by atoms with Gasteiger partial charge in [-0.3, -0.25) is 4.79 Å². The Morgan fingerprint density at radius 1 is 1.32 bits per heavy atom. The molecule has 2 aliphatic heterocycles. The molecule has 3 unspecified atom stereocenters. The molecule has 1 aromatic carbocycles. The Morgan fingerprint density at radius 2 is 2.00 bits per heavy atom. The number of halogens is 1. The molecule has 0 saturated carbocycles. The van der Waals surface area contributed by atoms with E-state index in [2.05, 4.69) is 39.6 Å². The highest BCUT2D eigenvalue weighted by atomic mass is 79.9. The smallest absolute Gasteiger partial charge is 0.223 e. The zero-order valence-corrected chi connectivity index (χ0v) is 14.7. The lowest BCUT2D eigenvalue weighted by molar-refractivity contribution is -0.126. The Labute approximate surface area is 141 Å². The molecule has 1 aromatic rings. The van der Waals surface area contributed by atoms with Crippen molar-refractivity contribution in [1.29, 1.82) is 0 Å². The first-order chi connectivity index (χ1) is 10.7. The SMILES string of the molecule is CCC(Cc1ccccc1Br)C(=O)NC1CC2CCC(C1)N2. The molecule has 0 aliphatic carbocycles. The van der Waals surface area contributed by atoms with Gasteiger partial charge in [-0.1, -0.05) is 41.1 Å². The van der Waals surface area contributed by atoms with E-state index in [0.29, 0.717) is 18.1 Å². The number of benzene rings is 1. The molecule has 2 bridgehead atoms. The van der Waals surface area contributed by atoms with E-state index in [1.807, 2.05) is 18.2 Å². The maximum Gasteiger partial charge on any atom is 0.223 e. The van der Waals surface area contributed by atoms with Crippen molar-refractivity contribution in [1.82, 2.24) is 10.6 Å². The molecule has 2 N–H and O–H groups in total. The number of fused-ring (bicyclic) bond motifs is 2. The fourth-order valence-corrected chi connectivity index (χ4v) is 4.29. The van der Waals surface area contributed by atoms with E-state index in [9.17, 15) is 4.79 Å². The van der Waals surface area contributed by atoms with Crippen molar-refractivity contribution in [3.63, 3.8) is 0 Å². The lowest BCUT2D eigenvalue weighted by atomic mass is 9.94. The van der Waals surface area contributed by atoms with Gasteiger partial charge in [0.15, 0.2) is 0 Å². The summed E-state index contributed by atoms with van der Waals surface area (Å²) >= 11 is 3.59. The fraction of sp³-hybridized carbons (Fsp3) is 0.611. The van der Waals surface area contributed by atoms with E-state index in [4.69, 9.17) is 0 Å². The minimum atomic E-state index is 0.0613. The Kier molecular flexibility index (Phi) is 5.19. The monoisotopic (exact) mass is 364 g/mol. The van der Waals surface area contributed by atoms with Crippen LogP contribution in [0.2, 0.25) is 0 Å². The minimum absolute atomic E-state index is 0.0613. The summed E-state index contributed by atoms with van der Waals surface area (Å²) < 4.78 is 1.10. The molecule has 2 fully saturated rings. The van der Waals surface area contributed by atoms with Crippen LogP contribution in [0.5, 0.6) is 0 Å². The second kappa shape index (κ2) is 7.14. The van der Waals surface area contributed by atoms with Gasteiger partial charge in [0, 0.05) is 28.5 Å². The highest BCUT2D eigenvalue weighted by molar-refractivity contribution is 9.10. The predicted octanol–water partition coefficient (Wildman–Crippen LogP) is 3.42. The molecule has 0 radical (unpaired) electrons. The number of hydrogen-bond acceptors (Lipinski definition) is 2. The maximum atomic E-state index is 12.6. The molecular formula is C18H25BrN2O. The molecule has 3 rings (SSSR count). The van der Waals surface area contributed by atoms with Crippen LogP contribution in [0, 0.1) is 5.92 Å². The average molecular weight is 365 g/mol. The number of rotatable bonds is 5. The van der Waals surface area contributed by atoms with Crippen LogP contribution in [-0.4, -0.2) is 24.0 Å². The van der Waals surface area contributed by atoms with E-state index in [-0.39, 0.29) is 11.8 Å². The van der Waals surface area contributed by atoms with Gasteiger partial charge < -0.3 is 10.6 Å². The summed E-state index contributed by atoms with van der Waals surface area (Å²) in [5.74, 6) is 0.288. The topological polar surface area (TPSA) is 41.1 Å². The van der Waals surface area contributed by atoms with Gasteiger partial charge in [-0.15, -0.1) is 0 Å². The van der Waals surface area contributed by atoms with E-state index < -0.39 is 0 Å². The Hall–Kier alpha value is -0.870. The number of carbonyl (C=O) groups excluding carboxylic acids is 1. The molecule has 1 amide bonds. The zero-order valence-electron chi connectivity index (χ0n) is 13.1. The number of nitrogens with one attached hydrogen (secondary N) is 2. The molecule has 0 spiro atoms. The number of piperidine rings is 1. The molecule has 2 saturated heterocycles. The van der Waals surface area contributed by atoms with Crippen LogP contribution >= 0.6 is 15.9 Å². The Balaban J connectivity index is 1.58. The second-order valence-corrected chi connectivity index (χ2v) is 7.57. The summed E-state index contributed by atoms with van der Waals surface area (Å²) in [6.07, 6.45) is 6.41. The third kappa shape index (κ3) is 3.72. The van der Waals surface area contributed by atoms with E-state index in [1.54, 1.807) is 0 Å². The molecule has 3 atom stereocenters. The minimum Gasteiger partial charge on any atom is -0.353 e. The summed E-state index contributed by atoms with van der Waals surface area (Å²) in [7, 11) is 0. The third-order valence-electron chi connectivity index (χ3n) is 5.11. The predicted molar refractivity (Wildman–Crippen MR) is 92.7 cm³/mol. The van der Waals surface area contributed by atoms with Crippen LogP contribution in [-0.2, 0) is 11.2 Å². The lowest BCUT2D eigenvalue weighted by Gasteiger charge is -2.31. The van der Waals surface area contributed by atoms with E-state index >= 15 is 0 Å². The molecular weight excluding hydrogens is 340 g/mol. The summed E-state index contributed by atoms with van der Waals surface area (Å²) in [4.78, 5) is 12.6. The molecule has 2 heterocycles. The number of hydrogen-bond donors (Lipinski definition) is 2. The maximum absolute atomic E-state index is 12.6. The largest absolute Gasteiger partial charge is 0.353 e. The first-order valence-corrected chi connectivity index (χ1v) is 9.24. The van der Waals surface area contributed by atoms with Gasteiger partial charge in [0.2, 0.25) is 5.91 Å². The van der Waals surface area contributed by atoms with Gasteiger partial charge in [-0.2, -0.15) is 0 Å². The van der Waals surface area contributed by atoms with Gasteiger partial charge >= 0.3 is 0 Å². The van der Waals surface area contributed by atoms with Crippen molar-refractivity contribution in [3.05, 3.63) is 34.3 Å². The van der Waals surface area contributed by atoms with Gasteiger partial charge in [0.1, 0.15) is 0 Å². The molecule has 3 nitrogen and oxygen atoms in total. The molecule has 0 aromatic heterocycles. The molecule has 4 heteroatoms. The first kappa shape index (κ1) is 16.0. The van der Waals surface area contributed by atoms with Crippen LogP contribution in [0.3, 0.4) is 0 Å². The van der Waals surface area contributed by atoms with Crippen molar-refractivity contribution in [3.8, 4) is 0 Å². The molecule has 22 heavy (non-hydrogen) atoms. The lowest BCUT2D eigenvalue weighted by Crippen LogP contribution is -2.49. The zero-order chi connectivity index (χ0) is 15.5. The third-order valence-corrected chi connectivity index (χ3v) is 5.88. The van der Waals surface area contributed by atoms with E-state index in [1.165, 1.54) is 18.4 Å². The highest BCUT2D eigenvalue weighted by Crippen LogP contribution is 2.27. The quantitative estimate of drug-likeness (QED) is 0.840. The van der Waals surface area contributed by atoms with Gasteiger partial charge in [0.05, 0.1) is 0 Å². The van der Waals surface area contributed by atoms with Crippen molar-refractivity contribution in [2.24, 2.45) is 5.92 Å². The van der Waals surface area contributed by atoms with Crippen LogP contribution < -0.4 is 10.6 Å². The van der Waals surface area contributed by atoms with Crippen molar-refractivity contribution in [2.45, 2.75) is 63.6 Å². The van der Waals surface area contributed by atoms with Crippen LogP contribution in [0.4, 0.5) is 0 Å². The van der Waals surface area contributed by atoms with Crippen LogP contribution in [0.15, 0.2) is 28.7 Å². The second-order valence-electron chi connectivity index (χ2n) is 6.72. The normalized spacial score (nSPS) is 28.4. The first-order valence-electron chi connectivity index (χ1n) is 8.45. The highest BCUT2D eigenvalue weighted by Gasteiger charge is 2.34. The average Bonchev–Trinajstić information content (AvgIpc) is 2.85. The van der Waals surface area contributed by atoms with Crippen molar-refractivity contribution >= 4 is 21.8 Å². The fourth-order valence-electron chi connectivity index (χ4n) is 3.85. The van der Waals surface area contributed by atoms with Crippen LogP contribution in [0.1, 0.15) is 44.6 Å². The van der Waals surface area contributed by atoms with Gasteiger partial charge in [-0.25, -0.2) is 0 Å². The van der Waals surface area contributed by atoms with E-state index in [0.717, 1.165) is 30.2 Å². The summed E-state index contributed by atoms with van der Waals surface area (Å²) in [6, 6.07) is 9.79. The molecule has 2 aliphatic rings.